The van der Waals surface area contributed by atoms with Gasteiger partial charge in [-0.05, 0) is 36.4 Å². The Morgan fingerprint density at radius 2 is 1.45 bits per heavy atom. The molecule has 6 nitrogen and oxygen atoms in total. The molecular formula is C14H12N2O4S2. The third-order valence-corrected chi connectivity index (χ3v) is 5.36. The minimum atomic E-state index is -3.90. The van der Waals surface area contributed by atoms with E-state index in [0.717, 1.165) is 6.26 Å². The normalized spacial score (nSPS) is 11.6. The van der Waals surface area contributed by atoms with Gasteiger partial charge in [0.1, 0.15) is 6.07 Å². The average molecular weight is 336 g/mol. The van der Waals surface area contributed by atoms with Crippen LogP contribution in [0.4, 0.5) is 5.69 Å². The highest BCUT2D eigenvalue weighted by atomic mass is 32.2. The van der Waals surface area contributed by atoms with Crippen LogP contribution in [0.5, 0.6) is 0 Å². The summed E-state index contributed by atoms with van der Waals surface area (Å²) in [6.45, 7) is 0. The topological polar surface area (TPSA) is 104 Å². The molecule has 0 heterocycles. The van der Waals surface area contributed by atoms with E-state index >= 15 is 0 Å². The van der Waals surface area contributed by atoms with Gasteiger partial charge in [0, 0.05) is 6.26 Å². The van der Waals surface area contributed by atoms with E-state index in [1.165, 1.54) is 36.4 Å². The molecule has 2 rings (SSSR count). The van der Waals surface area contributed by atoms with E-state index < -0.39 is 19.9 Å². The second-order valence-corrected chi connectivity index (χ2v) is 8.20. The number of anilines is 1. The zero-order valence-corrected chi connectivity index (χ0v) is 13.1. The summed E-state index contributed by atoms with van der Waals surface area (Å²) >= 11 is 0. The molecule has 1 N–H and O–H groups in total. The van der Waals surface area contributed by atoms with Crippen molar-refractivity contribution in [1.29, 1.82) is 5.26 Å². The summed E-state index contributed by atoms with van der Waals surface area (Å²) in [6.07, 6.45) is 1.04. The number of hydrogen-bond acceptors (Lipinski definition) is 5. The summed E-state index contributed by atoms with van der Waals surface area (Å²) < 4.78 is 49.6. The summed E-state index contributed by atoms with van der Waals surface area (Å²) in [5.74, 6) is 0. The standard InChI is InChI=1S/C14H12N2O4S2/c1-21(17,18)12-6-8-13(9-7-12)22(19,20)16-14-5-3-2-4-11(14)10-15/h2-9,16H,1H3. The Kier molecular flexibility index (Phi) is 4.21. The predicted molar refractivity (Wildman–Crippen MR) is 81.5 cm³/mol. The quantitative estimate of drug-likeness (QED) is 0.916. The molecule has 0 bridgehead atoms. The second-order valence-electron chi connectivity index (χ2n) is 4.51. The minimum absolute atomic E-state index is 0.0314. The molecule has 0 atom stereocenters. The van der Waals surface area contributed by atoms with Gasteiger partial charge in [0.15, 0.2) is 9.84 Å². The van der Waals surface area contributed by atoms with Crippen LogP contribution in [0.2, 0.25) is 0 Å². The van der Waals surface area contributed by atoms with E-state index in [9.17, 15) is 16.8 Å². The molecule has 0 saturated carbocycles. The molecule has 22 heavy (non-hydrogen) atoms. The summed E-state index contributed by atoms with van der Waals surface area (Å²) in [6, 6.07) is 12.9. The Morgan fingerprint density at radius 3 is 2.00 bits per heavy atom. The maximum atomic E-state index is 12.3. The monoisotopic (exact) mass is 336 g/mol. The van der Waals surface area contributed by atoms with E-state index in [2.05, 4.69) is 4.72 Å². The van der Waals surface area contributed by atoms with Crippen LogP contribution in [0.15, 0.2) is 58.3 Å². The second kappa shape index (κ2) is 5.79. The highest BCUT2D eigenvalue weighted by Gasteiger charge is 2.17. The molecule has 8 heteroatoms. The summed E-state index contributed by atoms with van der Waals surface area (Å²) in [4.78, 5) is -0.0588. The number of sulfonamides is 1. The van der Waals surface area contributed by atoms with E-state index in [0.29, 0.717) is 0 Å². The van der Waals surface area contributed by atoms with Gasteiger partial charge in [0.25, 0.3) is 10.0 Å². The van der Waals surface area contributed by atoms with Crippen LogP contribution in [-0.2, 0) is 19.9 Å². The van der Waals surface area contributed by atoms with Gasteiger partial charge in [0.05, 0.1) is 21.0 Å². The molecule has 0 aliphatic heterocycles. The van der Waals surface area contributed by atoms with Crippen LogP contribution in [0.3, 0.4) is 0 Å². The molecule has 0 saturated heterocycles. The highest BCUT2D eigenvalue weighted by Crippen LogP contribution is 2.20. The van der Waals surface area contributed by atoms with Crippen molar-refractivity contribution in [3.63, 3.8) is 0 Å². The number of nitrogens with one attached hydrogen (secondary N) is 1. The van der Waals surface area contributed by atoms with E-state index in [-0.39, 0.29) is 21.0 Å². The molecule has 0 aromatic heterocycles. The van der Waals surface area contributed by atoms with Crippen molar-refractivity contribution in [3.05, 3.63) is 54.1 Å². The number of sulfone groups is 1. The van der Waals surface area contributed by atoms with Gasteiger partial charge in [0.2, 0.25) is 0 Å². The lowest BCUT2D eigenvalue weighted by molar-refractivity contribution is 0.597. The number of nitrogens with zero attached hydrogens (tertiary/aromatic N) is 1. The minimum Gasteiger partial charge on any atom is -0.278 e. The Balaban J connectivity index is 2.37. The molecule has 0 radical (unpaired) electrons. The van der Waals surface area contributed by atoms with Crippen molar-refractivity contribution < 1.29 is 16.8 Å². The van der Waals surface area contributed by atoms with Crippen LogP contribution in [0.1, 0.15) is 5.56 Å². The third-order valence-electron chi connectivity index (χ3n) is 2.85. The number of nitriles is 1. The lowest BCUT2D eigenvalue weighted by Gasteiger charge is -2.09. The van der Waals surface area contributed by atoms with Gasteiger partial charge in [-0.1, -0.05) is 12.1 Å². The van der Waals surface area contributed by atoms with Crippen molar-refractivity contribution in [2.24, 2.45) is 0 Å². The van der Waals surface area contributed by atoms with E-state index in [4.69, 9.17) is 5.26 Å². The summed E-state index contributed by atoms with van der Waals surface area (Å²) in [7, 11) is -7.30. The van der Waals surface area contributed by atoms with Crippen LogP contribution in [0.25, 0.3) is 0 Å². The van der Waals surface area contributed by atoms with E-state index in [1.807, 2.05) is 6.07 Å². The van der Waals surface area contributed by atoms with E-state index in [1.54, 1.807) is 12.1 Å². The van der Waals surface area contributed by atoms with Crippen LogP contribution >= 0.6 is 0 Å². The van der Waals surface area contributed by atoms with Crippen molar-refractivity contribution in [2.75, 3.05) is 11.0 Å². The van der Waals surface area contributed by atoms with Crippen molar-refractivity contribution in [1.82, 2.24) is 0 Å². The molecule has 0 aliphatic carbocycles. The first-order chi connectivity index (χ1) is 10.2. The largest absolute Gasteiger partial charge is 0.278 e. The zero-order valence-electron chi connectivity index (χ0n) is 11.5. The Morgan fingerprint density at radius 1 is 0.909 bits per heavy atom. The fourth-order valence-corrected chi connectivity index (χ4v) is 3.45. The molecule has 0 aliphatic rings. The van der Waals surface area contributed by atoms with Crippen LogP contribution in [0, 0.1) is 11.3 Å². The first kappa shape index (κ1) is 16.0. The Labute approximate surface area is 129 Å². The molecule has 114 valence electrons. The Bertz CT molecular complexity index is 941. The summed E-state index contributed by atoms with van der Waals surface area (Å²) in [5, 5.41) is 8.96. The lowest BCUT2D eigenvalue weighted by atomic mass is 10.2. The predicted octanol–water partition coefficient (Wildman–Crippen LogP) is 1.76. The van der Waals surface area contributed by atoms with Gasteiger partial charge in [-0.2, -0.15) is 5.26 Å². The zero-order chi connectivity index (χ0) is 16.4. The fraction of sp³-hybridized carbons (Fsp3) is 0.0714. The number of hydrogen-bond donors (Lipinski definition) is 1. The first-order valence-corrected chi connectivity index (χ1v) is 9.43. The van der Waals surface area contributed by atoms with Crippen molar-refractivity contribution in [3.8, 4) is 6.07 Å². The number of benzene rings is 2. The van der Waals surface area contributed by atoms with Crippen LogP contribution < -0.4 is 4.72 Å². The molecule has 0 unspecified atom stereocenters. The highest BCUT2D eigenvalue weighted by molar-refractivity contribution is 7.92. The summed E-state index contributed by atoms with van der Waals surface area (Å²) in [5.41, 5.74) is 0.357. The molecule has 0 fully saturated rings. The Hall–Kier alpha value is -2.37. The average Bonchev–Trinajstić information content (AvgIpc) is 2.47. The van der Waals surface area contributed by atoms with Gasteiger partial charge in [-0.3, -0.25) is 4.72 Å². The maximum absolute atomic E-state index is 12.3. The SMILES string of the molecule is CS(=O)(=O)c1ccc(S(=O)(=O)Nc2ccccc2C#N)cc1. The van der Waals surface area contributed by atoms with Gasteiger partial charge < -0.3 is 0 Å². The fourth-order valence-electron chi connectivity index (χ4n) is 1.74. The maximum Gasteiger partial charge on any atom is 0.261 e. The molecular weight excluding hydrogens is 324 g/mol. The molecule has 2 aromatic rings. The van der Waals surface area contributed by atoms with Gasteiger partial charge in [-0.15, -0.1) is 0 Å². The molecule has 0 spiro atoms. The number of rotatable bonds is 4. The smallest absolute Gasteiger partial charge is 0.261 e. The molecule has 0 amide bonds. The number of para-hydroxylation sites is 1. The third kappa shape index (κ3) is 3.44. The van der Waals surface area contributed by atoms with Crippen LogP contribution in [-0.4, -0.2) is 23.1 Å². The van der Waals surface area contributed by atoms with Gasteiger partial charge >= 0.3 is 0 Å². The lowest BCUT2D eigenvalue weighted by Crippen LogP contribution is -2.14. The molecule has 2 aromatic carbocycles. The van der Waals surface area contributed by atoms with Crippen molar-refractivity contribution >= 4 is 25.5 Å². The first-order valence-electron chi connectivity index (χ1n) is 6.06. The van der Waals surface area contributed by atoms with Crippen molar-refractivity contribution in [2.45, 2.75) is 9.79 Å². The van der Waals surface area contributed by atoms with Gasteiger partial charge in [-0.25, -0.2) is 16.8 Å².